The number of sulfonamides is 1. The molecule has 0 bridgehead atoms. The Hall–Kier alpha value is -0.440. The van der Waals surface area contributed by atoms with Crippen molar-refractivity contribution < 1.29 is 17.9 Å². The Labute approximate surface area is 124 Å². The molecule has 0 spiro atoms. The molecule has 1 unspecified atom stereocenters. The standard InChI is InChI=1S/C11H14BrNO4S2/c1-7-9(5-18-10(7)12)11(14)13-19(15,16)6-8-3-2-4-17-8/h5,8H,2-4,6H2,1H3,(H,13,14). The van der Waals surface area contributed by atoms with E-state index in [9.17, 15) is 13.2 Å². The summed E-state index contributed by atoms with van der Waals surface area (Å²) in [6.07, 6.45) is 1.28. The molecule has 1 amide bonds. The van der Waals surface area contributed by atoms with Gasteiger partial charge in [-0.25, -0.2) is 13.1 Å². The summed E-state index contributed by atoms with van der Waals surface area (Å²) in [6.45, 7) is 2.35. The van der Waals surface area contributed by atoms with Crippen molar-refractivity contribution in [3.63, 3.8) is 0 Å². The van der Waals surface area contributed by atoms with Gasteiger partial charge in [0.05, 0.1) is 21.2 Å². The molecule has 19 heavy (non-hydrogen) atoms. The number of hydrogen-bond donors (Lipinski definition) is 1. The third-order valence-corrected chi connectivity index (χ3v) is 6.23. The topological polar surface area (TPSA) is 72.5 Å². The Morgan fingerprint density at radius 1 is 1.63 bits per heavy atom. The van der Waals surface area contributed by atoms with E-state index in [2.05, 4.69) is 20.7 Å². The number of amides is 1. The second kappa shape index (κ2) is 5.90. The molecule has 8 heteroatoms. The van der Waals surface area contributed by atoms with Crippen LogP contribution in [0.2, 0.25) is 0 Å². The average molecular weight is 368 g/mol. The lowest BCUT2D eigenvalue weighted by Gasteiger charge is -2.11. The van der Waals surface area contributed by atoms with Crippen LogP contribution in [0.5, 0.6) is 0 Å². The second-order valence-electron chi connectivity index (χ2n) is 4.40. The monoisotopic (exact) mass is 367 g/mol. The molecule has 1 aromatic rings. The van der Waals surface area contributed by atoms with Gasteiger partial charge in [-0.15, -0.1) is 11.3 Å². The molecule has 0 aromatic carbocycles. The summed E-state index contributed by atoms with van der Waals surface area (Å²) in [5.74, 6) is -0.749. The first-order valence-corrected chi connectivity index (χ1v) is 9.11. The maximum Gasteiger partial charge on any atom is 0.265 e. The molecule has 1 aliphatic heterocycles. The van der Waals surface area contributed by atoms with E-state index in [0.29, 0.717) is 12.2 Å². The molecule has 1 saturated heterocycles. The van der Waals surface area contributed by atoms with Gasteiger partial charge in [0.1, 0.15) is 0 Å². The quantitative estimate of drug-likeness (QED) is 0.883. The van der Waals surface area contributed by atoms with Crippen LogP contribution in [0, 0.1) is 6.92 Å². The van der Waals surface area contributed by atoms with Crippen LogP contribution in [-0.4, -0.2) is 32.8 Å². The van der Waals surface area contributed by atoms with Crippen molar-refractivity contribution in [1.82, 2.24) is 4.72 Å². The Morgan fingerprint density at radius 2 is 2.37 bits per heavy atom. The predicted octanol–water partition coefficient (Wildman–Crippen LogP) is 2.06. The fraction of sp³-hybridized carbons (Fsp3) is 0.545. The van der Waals surface area contributed by atoms with Crippen LogP contribution in [0.15, 0.2) is 9.17 Å². The van der Waals surface area contributed by atoms with Gasteiger partial charge in [0.25, 0.3) is 5.91 Å². The average Bonchev–Trinajstić information content (AvgIpc) is 2.89. The van der Waals surface area contributed by atoms with Crippen molar-refractivity contribution in [1.29, 1.82) is 0 Å². The van der Waals surface area contributed by atoms with Gasteiger partial charge in [-0.1, -0.05) is 0 Å². The second-order valence-corrected chi connectivity index (χ2v) is 8.36. The molecule has 1 aliphatic rings. The number of thiophene rings is 1. The van der Waals surface area contributed by atoms with Crippen molar-refractivity contribution in [3.8, 4) is 0 Å². The molecular weight excluding hydrogens is 354 g/mol. The molecule has 1 atom stereocenters. The highest BCUT2D eigenvalue weighted by molar-refractivity contribution is 9.11. The third-order valence-electron chi connectivity index (χ3n) is 2.90. The normalized spacial score (nSPS) is 19.6. The van der Waals surface area contributed by atoms with Crippen LogP contribution < -0.4 is 4.72 Å². The summed E-state index contributed by atoms with van der Waals surface area (Å²) in [6, 6.07) is 0. The molecule has 0 aliphatic carbocycles. The zero-order chi connectivity index (χ0) is 14.0. The Kier molecular flexibility index (Phi) is 4.65. The van der Waals surface area contributed by atoms with Crippen LogP contribution in [0.4, 0.5) is 0 Å². The maximum absolute atomic E-state index is 11.9. The first-order chi connectivity index (χ1) is 8.89. The Balaban J connectivity index is 2.03. The van der Waals surface area contributed by atoms with E-state index in [1.807, 2.05) is 0 Å². The minimum atomic E-state index is -3.66. The smallest absolute Gasteiger partial charge is 0.265 e. The van der Waals surface area contributed by atoms with E-state index in [0.717, 1.165) is 22.2 Å². The highest BCUT2D eigenvalue weighted by Crippen LogP contribution is 2.27. The van der Waals surface area contributed by atoms with Gasteiger partial charge in [0, 0.05) is 12.0 Å². The van der Waals surface area contributed by atoms with E-state index < -0.39 is 15.9 Å². The first kappa shape index (κ1) is 15.0. The lowest BCUT2D eigenvalue weighted by atomic mass is 10.2. The van der Waals surface area contributed by atoms with Crippen molar-refractivity contribution in [3.05, 3.63) is 20.3 Å². The SMILES string of the molecule is Cc1c(C(=O)NS(=O)(=O)CC2CCCO2)csc1Br. The van der Waals surface area contributed by atoms with Crippen LogP contribution >= 0.6 is 27.3 Å². The fourth-order valence-electron chi connectivity index (χ4n) is 1.88. The molecule has 2 rings (SSSR count). The minimum absolute atomic E-state index is 0.164. The third kappa shape index (κ3) is 3.77. The summed E-state index contributed by atoms with van der Waals surface area (Å²) in [7, 11) is -3.66. The number of halogens is 1. The number of carbonyl (C=O) groups is 1. The van der Waals surface area contributed by atoms with Crippen molar-refractivity contribution in [2.75, 3.05) is 12.4 Å². The van der Waals surface area contributed by atoms with Gasteiger partial charge >= 0.3 is 0 Å². The van der Waals surface area contributed by atoms with Crippen LogP contribution in [-0.2, 0) is 14.8 Å². The lowest BCUT2D eigenvalue weighted by molar-refractivity contribution is 0.0979. The van der Waals surface area contributed by atoms with Crippen molar-refractivity contribution >= 4 is 43.2 Å². The summed E-state index contributed by atoms with van der Waals surface area (Å²) < 4.78 is 31.9. The van der Waals surface area contributed by atoms with E-state index in [4.69, 9.17) is 4.74 Å². The molecule has 0 radical (unpaired) electrons. The van der Waals surface area contributed by atoms with E-state index >= 15 is 0 Å². The minimum Gasteiger partial charge on any atom is -0.377 e. The van der Waals surface area contributed by atoms with Crippen LogP contribution in [0.1, 0.15) is 28.8 Å². The summed E-state index contributed by atoms with van der Waals surface area (Å²) in [5.41, 5.74) is 1.13. The van der Waals surface area contributed by atoms with Gasteiger partial charge in [-0.3, -0.25) is 4.79 Å². The van der Waals surface area contributed by atoms with Gasteiger partial charge in [-0.05, 0) is 41.3 Å². The molecule has 1 aromatic heterocycles. The van der Waals surface area contributed by atoms with Crippen LogP contribution in [0.25, 0.3) is 0 Å². The molecule has 5 nitrogen and oxygen atoms in total. The van der Waals surface area contributed by atoms with Gasteiger partial charge in [-0.2, -0.15) is 0 Å². The zero-order valence-corrected chi connectivity index (χ0v) is 13.5. The zero-order valence-electron chi connectivity index (χ0n) is 10.3. The summed E-state index contributed by atoms with van der Waals surface area (Å²) >= 11 is 4.66. The van der Waals surface area contributed by atoms with Gasteiger partial charge < -0.3 is 4.74 Å². The Bertz CT molecular complexity index is 576. The number of ether oxygens (including phenoxy) is 1. The summed E-state index contributed by atoms with van der Waals surface area (Å²) in [4.78, 5) is 11.9. The molecule has 0 saturated carbocycles. The largest absolute Gasteiger partial charge is 0.377 e. The molecule has 1 fully saturated rings. The molecule has 1 N–H and O–H groups in total. The van der Waals surface area contributed by atoms with E-state index in [1.165, 1.54) is 11.3 Å². The highest BCUT2D eigenvalue weighted by Gasteiger charge is 2.26. The molecular formula is C11H14BrNO4S2. The summed E-state index contributed by atoms with van der Waals surface area (Å²) in [5, 5.41) is 1.64. The Morgan fingerprint density at radius 3 is 2.89 bits per heavy atom. The maximum atomic E-state index is 11.9. The van der Waals surface area contributed by atoms with Crippen LogP contribution in [0.3, 0.4) is 0 Å². The number of hydrogen-bond acceptors (Lipinski definition) is 5. The number of rotatable bonds is 4. The number of carbonyl (C=O) groups excluding carboxylic acids is 1. The fourth-order valence-corrected chi connectivity index (χ4v) is 4.39. The first-order valence-electron chi connectivity index (χ1n) is 5.79. The number of nitrogens with one attached hydrogen (secondary N) is 1. The van der Waals surface area contributed by atoms with E-state index in [1.54, 1.807) is 12.3 Å². The van der Waals surface area contributed by atoms with Crippen molar-refractivity contribution in [2.45, 2.75) is 25.9 Å². The highest BCUT2D eigenvalue weighted by atomic mass is 79.9. The van der Waals surface area contributed by atoms with Gasteiger partial charge in [0.15, 0.2) is 0 Å². The van der Waals surface area contributed by atoms with E-state index in [-0.39, 0.29) is 11.9 Å². The molecule has 2 heterocycles. The van der Waals surface area contributed by atoms with Crippen molar-refractivity contribution in [2.24, 2.45) is 0 Å². The van der Waals surface area contributed by atoms with Gasteiger partial charge in [0.2, 0.25) is 10.0 Å². The lowest BCUT2D eigenvalue weighted by Crippen LogP contribution is -2.36. The molecule has 106 valence electrons. The predicted molar refractivity (Wildman–Crippen MR) is 77.0 cm³/mol.